The molecule has 0 aliphatic carbocycles. The number of furan rings is 1. The molecule has 1 N–H and O–H groups in total. The van der Waals surface area contributed by atoms with Crippen molar-refractivity contribution in [1.29, 1.82) is 0 Å². The first kappa shape index (κ1) is 14.5. The molecular formula is C13H14BrN3O3. The zero-order chi connectivity index (χ0) is 14.5. The average Bonchev–Trinajstić information content (AvgIpc) is 2.87. The number of aryl methyl sites for hydroxylation is 1. The Labute approximate surface area is 123 Å². The maximum atomic E-state index is 11.7. The number of hydrogen-bond donors (Lipinski definition) is 1. The summed E-state index contributed by atoms with van der Waals surface area (Å²) >= 11 is 3.13. The minimum atomic E-state index is -0.318. The van der Waals surface area contributed by atoms with E-state index in [2.05, 4.69) is 26.2 Å². The van der Waals surface area contributed by atoms with Gasteiger partial charge in [-0.1, -0.05) is 6.92 Å². The van der Waals surface area contributed by atoms with Crippen LogP contribution in [0.3, 0.4) is 0 Å². The van der Waals surface area contributed by atoms with E-state index in [1.807, 2.05) is 6.92 Å². The van der Waals surface area contributed by atoms with Gasteiger partial charge in [-0.3, -0.25) is 14.2 Å². The molecule has 0 radical (unpaired) electrons. The van der Waals surface area contributed by atoms with Crippen molar-refractivity contribution < 1.29 is 9.21 Å². The van der Waals surface area contributed by atoms with Crippen molar-refractivity contribution in [3.63, 3.8) is 0 Å². The van der Waals surface area contributed by atoms with Crippen molar-refractivity contribution in [1.82, 2.24) is 14.9 Å². The van der Waals surface area contributed by atoms with E-state index in [4.69, 9.17) is 4.42 Å². The molecule has 0 saturated carbocycles. The molecule has 20 heavy (non-hydrogen) atoms. The Morgan fingerprint density at radius 2 is 2.30 bits per heavy atom. The van der Waals surface area contributed by atoms with E-state index in [1.54, 1.807) is 12.1 Å². The molecule has 0 aliphatic rings. The Balaban J connectivity index is 1.90. The fraction of sp³-hybridized carbons (Fsp3) is 0.308. The van der Waals surface area contributed by atoms with Crippen LogP contribution in [0.25, 0.3) is 0 Å². The third-order valence-corrected chi connectivity index (χ3v) is 3.16. The SMILES string of the molecule is CCc1cc(=O)n(CCNC(=O)c2ccc(Br)o2)cn1. The molecule has 0 fully saturated rings. The Morgan fingerprint density at radius 1 is 1.50 bits per heavy atom. The largest absolute Gasteiger partial charge is 0.444 e. The van der Waals surface area contributed by atoms with Crippen LogP contribution in [0.2, 0.25) is 0 Å². The van der Waals surface area contributed by atoms with Gasteiger partial charge in [-0.05, 0) is 34.5 Å². The summed E-state index contributed by atoms with van der Waals surface area (Å²) in [4.78, 5) is 27.6. The van der Waals surface area contributed by atoms with Crippen molar-refractivity contribution >= 4 is 21.8 Å². The van der Waals surface area contributed by atoms with E-state index in [0.717, 1.165) is 12.1 Å². The number of hydrogen-bond acceptors (Lipinski definition) is 4. The van der Waals surface area contributed by atoms with Crippen LogP contribution < -0.4 is 10.9 Å². The molecule has 2 aromatic rings. The zero-order valence-electron chi connectivity index (χ0n) is 10.9. The first-order valence-corrected chi connectivity index (χ1v) is 6.98. The smallest absolute Gasteiger partial charge is 0.287 e. The monoisotopic (exact) mass is 339 g/mol. The van der Waals surface area contributed by atoms with Gasteiger partial charge < -0.3 is 9.73 Å². The lowest BCUT2D eigenvalue weighted by Gasteiger charge is -2.06. The lowest BCUT2D eigenvalue weighted by molar-refractivity contribution is 0.0923. The van der Waals surface area contributed by atoms with E-state index in [1.165, 1.54) is 17.0 Å². The third kappa shape index (κ3) is 3.57. The van der Waals surface area contributed by atoms with Gasteiger partial charge in [0.2, 0.25) is 0 Å². The molecule has 106 valence electrons. The molecule has 0 aromatic carbocycles. The van der Waals surface area contributed by atoms with Gasteiger partial charge in [-0.2, -0.15) is 0 Å². The van der Waals surface area contributed by atoms with E-state index in [0.29, 0.717) is 17.8 Å². The first-order valence-electron chi connectivity index (χ1n) is 6.19. The van der Waals surface area contributed by atoms with Crippen LogP contribution in [0.1, 0.15) is 23.2 Å². The standard InChI is InChI=1S/C13H14BrN3O3/c1-2-9-7-12(18)17(8-16-9)6-5-15-13(19)10-3-4-11(14)20-10/h3-4,7-8H,2,5-6H2,1H3,(H,15,19). The minimum Gasteiger partial charge on any atom is -0.444 e. The van der Waals surface area contributed by atoms with Gasteiger partial charge in [-0.15, -0.1) is 0 Å². The molecule has 6 nitrogen and oxygen atoms in total. The van der Waals surface area contributed by atoms with Gasteiger partial charge in [-0.25, -0.2) is 4.98 Å². The summed E-state index contributed by atoms with van der Waals surface area (Å²) in [7, 11) is 0. The van der Waals surface area contributed by atoms with Gasteiger partial charge in [0.15, 0.2) is 10.4 Å². The van der Waals surface area contributed by atoms with Gasteiger partial charge in [0.1, 0.15) is 0 Å². The Hall–Kier alpha value is -1.89. The van der Waals surface area contributed by atoms with Crippen LogP contribution in [-0.4, -0.2) is 22.0 Å². The Morgan fingerprint density at radius 3 is 2.90 bits per heavy atom. The molecule has 2 aromatic heterocycles. The summed E-state index contributed by atoms with van der Waals surface area (Å²) < 4.78 is 7.08. The molecule has 0 aliphatic heterocycles. The number of halogens is 1. The maximum Gasteiger partial charge on any atom is 0.287 e. The molecule has 2 rings (SSSR count). The van der Waals surface area contributed by atoms with Crippen molar-refractivity contribution in [3.05, 3.63) is 51.0 Å². The highest BCUT2D eigenvalue weighted by Gasteiger charge is 2.09. The summed E-state index contributed by atoms with van der Waals surface area (Å²) in [6, 6.07) is 4.72. The van der Waals surface area contributed by atoms with Crippen molar-refractivity contribution in [2.24, 2.45) is 0 Å². The molecular weight excluding hydrogens is 326 g/mol. The topological polar surface area (TPSA) is 77.1 Å². The van der Waals surface area contributed by atoms with Crippen LogP contribution >= 0.6 is 15.9 Å². The average molecular weight is 340 g/mol. The fourth-order valence-electron chi connectivity index (χ4n) is 1.64. The number of aromatic nitrogens is 2. The third-order valence-electron chi connectivity index (χ3n) is 2.73. The highest BCUT2D eigenvalue weighted by atomic mass is 79.9. The van der Waals surface area contributed by atoms with E-state index < -0.39 is 0 Å². The molecule has 1 amide bonds. The van der Waals surface area contributed by atoms with E-state index in [9.17, 15) is 9.59 Å². The first-order chi connectivity index (χ1) is 9.60. The molecule has 7 heteroatoms. The van der Waals surface area contributed by atoms with Crippen molar-refractivity contribution in [2.45, 2.75) is 19.9 Å². The molecule has 0 saturated heterocycles. The maximum absolute atomic E-state index is 11.7. The normalized spacial score (nSPS) is 10.5. The summed E-state index contributed by atoms with van der Waals surface area (Å²) in [5.74, 6) is -0.0921. The second kappa shape index (κ2) is 6.51. The number of nitrogens with zero attached hydrogens (tertiary/aromatic N) is 2. The fourth-order valence-corrected chi connectivity index (χ4v) is 1.94. The number of rotatable bonds is 5. The summed E-state index contributed by atoms with van der Waals surface area (Å²) in [6.45, 7) is 2.63. The van der Waals surface area contributed by atoms with Crippen LogP contribution in [0, 0.1) is 0 Å². The lowest BCUT2D eigenvalue weighted by Crippen LogP contribution is -2.30. The molecule has 2 heterocycles. The second-order valence-electron chi connectivity index (χ2n) is 4.13. The van der Waals surface area contributed by atoms with Crippen molar-refractivity contribution in [2.75, 3.05) is 6.54 Å². The Bertz CT molecular complexity index is 663. The van der Waals surface area contributed by atoms with E-state index in [-0.39, 0.29) is 17.2 Å². The number of nitrogens with one attached hydrogen (secondary N) is 1. The molecule has 0 atom stereocenters. The molecule has 0 spiro atoms. The summed E-state index contributed by atoms with van der Waals surface area (Å²) in [6.07, 6.45) is 2.22. The van der Waals surface area contributed by atoms with Crippen LogP contribution in [0.4, 0.5) is 0 Å². The van der Waals surface area contributed by atoms with Crippen LogP contribution in [-0.2, 0) is 13.0 Å². The predicted molar refractivity (Wildman–Crippen MR) is 76.6 cm³/mol. The number of carbonyl (C=O) groups is 1. The van der Waals surface area contributed by atoms with E-state index >= 15 is 0 Å². The quantitative estimate of drug-likeness (QED) is 0.897. The minimum absolute atomic E-state index is 0.119. The lowest BCUT2D eigenvalue weighted by atomic mass is 10.3. The Kier molecular flexibility index (Phi) is 4.73. The number of amides is 1. The molecule has 0 unspecified atom stereocenters. The zero-order valence-corrected chi connectivity index (χ0v) is 12.5. The van der Waals surface area contributed by atoms with Crippen LogP contribution in [0.5, 0.6) is 0 Å². The van der Waals surface area contributed by atoms with Gasteiger partial charge >= 0.3 is 0 Å². The summed E-state index contributed by atoms with van der Waals surface area (Å²) in [5.41, 5.74) is 0.641. The van der Waals surface area contributed by atoms with Crippen LogP contribution in [0.15, 0.2) is 38.4 Å². The highest BCUT2D eigenvalue weighted by Crippen LogP contribution is 2.13. The van der Waals surface area contributed by atoms with Gasteiger partial charge in [0.25, 0.3) is 11.5 Å². The van der Waals surface area contributed by atoms with Gasteiger partial charge in [0.05, 0.1) is 6.33 Å². The van der Waals surface area contributed by atoms with Crippen molar-refractivity contribution in [3.8, 4) is 0 Å². The predicted octanol–water partition coefficient (Wildman–Crippen LogP) is 1.59. The van der Waals surface area contributed by atoms with Gasteiger partial charge in [0, 0.05) is 24.8 Å². The number of carbonyl (C=O) groups excluding carboxylic acids is 1. The second-order valence-corrected chi connectivity index (χ2v) is 4.91. The molecule has 0 bridgehead atoms. The highest BCUT2D eigenvalue weighted by molar-refractivity contribution is 9.10. The summed E-state index contributed by atoms with van der Waals surface area (Å²) in [5, 5.41) is 2.68.